The highest BCUT2D eigenvalue weighted by atomic mass is 16.5. The Morgan fingerprint density at radius 2 is 1.76 bits per heavy atom. The summed E-state index contributed by atoms with van der Waals surface area (Å²) < 4.78 is 5.80. The van der Waals surface area contributed by atoms with E-state index < -0.39 is 0 Å². The zero-order chi connectivity index (χ0) is 20.6. The van der Waals surface area contributed by atoms with E-state index in [0.717, 1.165) is 25.2 Å². The molecule has 0 radical (unpaired) electrons. The number of pyridine rings is 1. The SMILES string of the molecule is C[C@@H]1CN(Cc2ccc(C(=O)N(CCCO)Cc3ccncc3)cc2)C[C@H](C)O1. The number of aliphatic hydroxyl groups excluding tert-OH is 1. The van der Waals surface area contributed by atoms with Gasteiger partial charge in [0.05, 0.1) is 12.2 Å². The predicted molar refractivity (Wildman–Crippen MR) is 112 cm³/mol. The van der Waals surface area contributed by atoms with Gasteiger partial charge >= 0.3 is 0 Å². The Labute approximate surface area is 173 Å². The Kier molecular flexibility index (Phi) is 7.75. The van der Waals surface area contributed by atoms with E-state index in [2.05, 4.69) is 23.7 Å². The zero-order valence-corrected chi connectivity index (χ0v) is 17.3. The average molecular weight is 398 g/mol. The predicted octanol–water partition coefficient (Wildman–Crippen LogP) is 2.72. The average Bonchev–Trinajstić information content (AvgIpc) is 2.71. The van der Waals surface area contributed by atoms with E-state index >= 15 is 0 Å². The van der Waals surface area contributed by atoms with Gasteiger partial charge in [-0.05, 0) is 55.7 Å². The van der Waals surface area contributed by atoms with Gasteiger partial charge in [0, 0.05) is 57.3 Å². The van der Waals surface area contributed by atoms with Crippen molar-refractivity contribution in [2.24, 2.45) is 0 Å². The van der Waals surface area contributed by atoms with Crippen LogP contribution in [0.15, 0.2) is 48.8 Å². The van der Waals surface area contributed by atoms with Crippen LogP contribution < -0.4 is 0 Å². The summed E-state index contributed by atoms with van der Waals surface area (Å²) >= 11 is 0. The van der Waals surface area contributed by atoms with Crippen molar-refractivity contribution in [3.05, 3.63) is 65.5 Å². The van der Waals surface area contributed by atoms with Crippen LogP contribution in [0, 0.1) is 0 Å². The van der Waals surface area contributed by atoms with Gasteiger partial charge in [0.15, 0.2) is 0 Å². The fourth-order valence-corrected chi connectivity index (χ4v) is 3.83. The molecule has 29 heavy (non-hydrogen) atoms. The maximum atomic E-state index is 13.0. The number of carbonyl (C=O) groups is 1. The van der Waals surface area contributed by atoms with Crippen LogP contribution in [0.4, 0.5) is 0 Å². The number of nitrogens with zero attached hydrogens (tertiary/aromatic N) is 3. The molecule has 6 nitrogen and oxygen atoms in total. The summed E-state index contributed by atoms with van der Waals surface area (Å²) in [5.41, 5.74) is 2.89. The third kappa shape index (κ3) is 6.35. The molecule has 6 heteroatoms. The van der Waals surface area contributed by atoms with Crippen LogP contribution in [0.1, 0.15) is 41.8 Å². The van der Waals surface area contributed by atoms with E-state index in [9.17, 15) is 9.90 Å². The van der Waals surface area contributed by atoms with Crippen molar-refractivity contribution in [2.45, 2.75) is 45.6 Å². The van der Waals surface area contributed by atoms with Gasteiger partial charge in [-0.15, -0.1) is 0 Å². The van der Waals surface area contributed by atoms with Gasteiger partial charge in [0.1, 0.15) is 0 Å². The van der Waals surface area contributed by atoms with Crippen molar-refractivity contribution in [2.75, 3.05) is 26.2 Å². The molecule has 1 N–H and O–H groups in total. The molecule has 1 aromatic heterocycles. The summed E-state index contributed by atoms with van der Waals surface area (Å²) in [6.07, 6.45) is 4.50. The Balaban J connectivity index is 1.65. The number of morpholine rings is 1. The first-order chi connectivity index (χ1) is 14.0. The minimum atomic E-state index is -0.0181. The Bertz CT molecular complexity index is 757. The summed E-state index contributed by atoms with van der Waals surface area (Å²) in [5, 5.41) is 9.20. The van der Waals surface area contributed by atoms with Crippen LogP contribution in [0.5, 0.6) is 0 Å². The topological polar surface area (TPSA) is 65.9 Å². The molecular weight excluding hydrogens is 366 g/mol. The molecule has 1 aromatic carbocycles. The Morgan fingerprint density at radius 3 is 2.38 bits per heavy atom. The minimum Gasteiger partial charge on any atom is -0.396 e. The lowest BCUT2D eigenvalue weighted by atomic mass is 10.1. The fourth-order valence-electron chi connectivity index (χ4n) is 3.83. The number of hydrogen-bond donors (Lipinski definition) is 1. The smallest absolute Gasteiger partial charge is 0.254 e. The van der Waals surface area contributed by atoms with E-state index in [0.29, 0.717) is 25.1 Å². The normalized spacial score (nSPS) is 19.8. The molecule has 0 aliphatic carbocycles. The highest BCUT2D eigenvalue weighted by molar-refractivity contribution is 5.94. The summed E-state index contributed by atoms with van der Waals surface area (Å²) in [5.74, 6) is -0.0181. The molecule has 0 spiro atoms. The number of hydrogen-bond acceptors (Lipinski definition) is 5. The van der Waals surface area contributed by atoms with Crippen molar-refractivity contribution >= 4 is 5.91 Å². The van der Waals surface area contributed by atoms with Gasteiger partial charge in [0.2, 0.25) is 0 Å². The highest BCUT2D eigenvalue weighted by Crippen LogP contribution is 2.16. The van der Waals surface area contributed by atoms with Crippen LogP contribution in [0.25, 0.3) is 0 Å². The van der Waals surface area contributed by atoms with E-state index in [1.54, 1.807) is 17.3 Å². The van der Waals surface area contributed by atoms with Crippen LogP contribution in [-0.4, -0.2) is 64.2 Å². The lowest BCUT2D eigenvalue weighted by Crippen LogP contribution is -2.44. The van der Waals surface area contributed by atoms with Gasteiger partial charge in [-0.1, -0.05) is 12.1 Å². The van der Waals surface area contributed by atoms with Gasteiger partial charge in [-0.3, -0.25) is 14.7 Å². The first kappa shape index (κ1) is 21.4. The van der Waals surface area contributed by atoms with Crippen LogP contribution in [0.2, 0.25) is 0 Å². The van der Waals surface area contributed by atoms with E-state index in [1.807, 2.05) is 36.4 Å². The number of amides is 1. The molecule has 0 unspecified atom stereocenters. The molecule has 0 bridgehead atoms. The molecule has 0 saturated carbocycles. The largest absolute Gasteiger partial charge is 0.396 e. The second-order valence-corrected chi connectivity index (χ2v) is 7.81. The van der Waals surface area contributed by atoms with Crippen LogP contribution in [-0.2, 0) is 17.8 Å². The molecule has 2 atom stereocenters. The quantitative estimate of drug-likeness (QED) is 0.742. The number of carbonyl (C=O) groups excluding carboxylic acids is 1. The molecule has 1 aliphatic rings. The number of rotatable bonds is 8. The number of benzene rings is 1. The zero-order valence-electron chi connectivity index (χ0n) is 17.3. The fraction of sp³-hybridized carbons (Fsp3) is 0.478. The second-order valence-electron chi connectivity index (χ2n) is 7.81. The van der Waals surface area contributed by atoms with Gasteiger partial charge in [-0.2, -0.15) is 0 Å². The summed E-state index contributed by atoms with van der Waals surface area (Å²) in [6, 6.07) is 11.7. The lowest BCUT2D eigenvalue weighted by Gasteiger charge is -2.35. The highest BCUT2D eigenvalue weighted by Gasteiger charge is 2.22. The maximum Gasteiger partial charge on any atom is 0.254 e. The number of aliphatic hydroxyl groups is 1. The minimum absolute atomic E-state index is 0.0181. The monoisotopic (exact) mass is 397 g/mol. The van der Waals surface area contributed by atoms with Crippen molar-refractivity contribution in [3.8, 4) is 0 Å². The molecule has 156 valence electrons. The molecule has 3 rings (SSSR count). The standard InChI is InChI=1S/C23H31N3O3/c1-18-14-25(15-19(2)29-18)16-20-4-6-22(7-5-20)23(28)26(12-3-13-27)17-21-8-10-24-11-9-21/h4-11,18-19,27H,3,12-17H2,1-2H3/t18-,19+. The van der Waals surface area contributed by atoms with Crippen molar-refractivity contribution in [1.29, 1.82) is 0 Å². The lowest BCUT2D eigenvalue weighted by molar-refractivity contribution is -0.0704. The van der Waals surface area contributed by atoms with E-state index in [4.69, 9.17) is 4.74 Å². The molecule has 1 aliphatic heterocycles. The molecule has 1 saturated heterocycles. The van der Waals surface area contributed by atoms with Crippen LogP contribution in [0.3, 0.4) is 0 Å². The van der Waals surface area contributed by atoms with Crippen molar-refractivity contribution in [3.63, 3.8) is 0 Å². The Morgan fingerprint density at radius 1 is 1.10 bits per heavy atom. The molecule has 2 heterocycles. The molecule has 1 fully saturated rings. The summed E-state index contributed by atoms with van der Waals surface area (Å²) in [7, 11) is 0. The van der Waals surface area contributed by atoms with Gasteiger partial charge < -0.3 is 14.7 Å². The Hall–Kier alpha value is -2.28. The van der Waals surface area contributed by atoms with Crippen molar-refractivity contribution in [1.82, 2.24) is 14.8 Å². The molecule has 2 aromatic rings. The summed E-state index contributed by atoms with van der Waals surface area (Å²) in [6.45, 7) is 8.00. The third-order valence-electron chi connectivity index (χ3n) is 5.10. The second kappa shape index (κ2) is 10.5. The summed E-state index contributed by atoms with van der Waals surface area (Å²) in [4.78, 5) is 21.3. The first-order valence-electron chi connectivity index (χ1n) is 10.3. The van der Waals surface area contributed by atoms with E-state index in [-0.39, 0.29) is 24.7 Å². The maximum absolute atomic E-state index is 13.0. The van der Waals surface area contributed by atoms with Crippen molar-refractivity contribution < 1.29 is 14.6 Å². The third-order valence-corrected chi connectivity index (χ3v) is 5.10. The number of ether oxygens (including phenoxy) is 1. The number of aromatic nitrogens is 1. The first-order valence-corrected chi connectivity index (χ1v) is 10.3. The molecular formula is C23H31N3O3. The van der Waals surface area contributed by atoms with E-state index in [1.165, 1.54) is 5.56 Å². The van der Waals surface area contributed by atoms with Gasteiger partial charge in [-0.25, -0.2) is 0 Å². The molecule has 1 amide bonds. The van der Waals surface area contributed by atoms with Crippen LogP contribution >= 0.6 is 0 Å². The van der Waals surface area contributed by atoms with Gasteiger partial charge in [0.25, 0.3) is 5.91 Å².